The van der Waals surface area contributed by atoms with Gasteiger partial charge in [-0.3, -0.25) is 0 Å². The summed E-state index contributed by atoms with van der Waals surface area (Å²) in [5, 5.41) is 19.0. The van der Waals surface area contributed by atoms with Crippen LogP contribution in [0.1, 0.15) is 15.9 Å². The van der Waals surface area contributed by atoms with Crippen LogP contribution in [0.15, 0.2) is 72.8 Å². The molecular weight excluding hydrogens is 304 g/mol. The molecule has 120 valence electrons. The summed E-state index contributed by atoms with van der Waals surface area (Å²) < 4.78 is 5.72. The summed E-state index contributed by atoms with van der Waals surface area (Å²) in [5.41, 5.74) is 2.41. The Morgan fingerprint density at radius 3 is 2.33 bits per heavy atom. The average Bonchev–Trinajstić information content (AvgIpc) is 2.61. The number of hydrogen-bond donors (Lipinski definition) is 2. The first-order valence-electron chi connectivity index (χ1n) is 7.47. The lowest BCUT2D eigenvalue weighted by molar-refractivity contribution is 0.0693. The van der Waals surface area contributed by atoms with E-state index in [4.69, 9.17) is 9.84 Å². The highest BCUT2D eigenvalue weighted by Gasteiger charge is 2.13. The summed E-state index contributed by atoms with van der Waals surface area (Å²) in [6.07, 6.45) is 0. The summed E-state index contributed by atoms with van der Waals surface area (Å²) in [7, 11) is 0. The lowest BCUT2D eigenvalue weighted by Crippen LogP contribution is -2.01. The Labute approximate surface area is 139 Å². The number of ether oxygens (including phenoxy) is 1. The maximum atomic E-state index is 11.0. The largest absolute Gasteiger partial charge is 0.507 e. The summed E-state index contributed by atoms with van der Waals surface area (Å²) >= 11 is 0. The van der Waals surface area contributed by atoms with Crippen molar-refractivity contribution in [1.29, 1.82) is 0 Å². The van der Waals surface area contributed by atoms with Gasteiger partial charge in [0.05, 0.1) is 0 Å². The van der Waals surface area contributed by atoms with Crippen LogP contribution >= 0.6 is 0 Å². The van der Waals surface area contributed by atoms with Crippen LogP contribution in [0, 0.1) is 0 Å². The topological polar surface area (TPSA) is 66.8 Å². The highest BCUT2D eigenvalue weighted by Crippen LogP contribution is 2.26. The van der Waals surface area contributed by atoms with Crippen LogP contribution in [-0.2, 0) is 6.61 Å². The van der Waals surface area contributed by atoms with Crippen molar-refractivity contribution in [3.05, 3.63) is 83.9 Å². The molecule has 4 nitrogen and oxygen atoms in total. The lowest BCUT2D eigenvalue weighted by atomic mass is 10.1. The van der Waals surface area contributed by atoms with E-state index < -0.39 is 5.97 Å². The first-order chi connectivity index (χ1) is 11.6. The smallest absolute Gasteiger partial charge is 0.339 e. The van der Waals surface area contributed by atoms with Gasteiger partial charge in [-0.2, -0.15) is 0 Å². The molecule has 0 fully saturated rings. The average molecular weight is 320 g/mol. The van der Waals surface area contributed by atoms with E-state index in [0.29, 0.717) is 11.3 Å². The number of hydrogen-bond acceptors (Lipinski definition) is 3. The fourth-order valence-electron chi connectivity index (χ4n) is 2.44. The number of benzene rings is 3. The second-order valence-corrected chi connectivity index (χ2v) is 5.30. The van der Waals surface area contributed by atoms with E-state index in [-0.39, 0.29) is 17.9 Å². The van der Waals surface area contributed by atoms with Gasteiger partial charge in [-0.1, -0.05) is 54.6 Å². The van der Waals surface area contributed by atoms with Gasteiger partial charge in [-0.25, -0.2) is 4.79 Å². The minimum Gasteiger partial charge on any atom is -0.507 e. The van der Waals surface area contributed by atoms with Gasteiger partial charge in [0.1, 0.15) is 23.7 Å². The number of carboxylic acid groups (broad SMARTS) is 1. The van der Waals surface area contributed by atoms with Crippen LogP contribution in [-0.4, -0.2) is 16.2 Å². The minimum absolute atomic E-state index is 0.0885. The zero-order chi connectivity index (χ0) is 16.9. The second-order valence-electron chi connectivity index (χ2n) is 5.30. The molecular formula is C20H16O4. The molecule has 0 aliphatic heterocycles. The molecule has 0 aliphatic rings. The Balaban J connectivity index is 1.79. The van der Waals surface area contributed by atoms with Crippen molar-refractivity contribution < 1.29 is 19.7 Å². The predicted molar refractivity (Wildman–Crippen MR) is 91.3 cm³/mol. The summed E-state index contributed by atoms with van der Waals surface area (Å²) in [5.74, 6) is -0.777. The second kappa shape index (κ2) is 6.87. The quantitative estimate of drug-likeness (QED) is 0.734. The maximum Gasteiger partial charge on any atom is 0.339 e. The maximum absolute atomic E-state index is 11.0. The van der Waals surface area contributed by atoms with Crippen molar-refractivity contribution in [1.82, 2.24) is 0 Å². The van der Waals surface area contributed by atoms with Crippen molar-refractivity contribution in [2.75, 3.05) is 0 Å². The highest BCUT2D eigenvalue weighted by atomic mass is 16.5. The van der Waals surface area contributed by atoms with Gasteiger partial charge in [-0.05, 0) is 29.3 Å². The Hall–Kier alpha value is -3.27. The van der Waals surface area contributed by atoms with Crippen molar-refractivity contribution in [2.24, 2.45) is 0 Å². The molecule has 0 aliphatic carbocycles. The standard InChI is InChI=1S/C20H16O4/c21-19-16(9-5-11-18(19)20(22)23)13-24-17-10-4-8-15(12-17)14-6-2-1-3-7-14/h1-12,21H,13H2,(H,22,23). The van der Waals surface area contributed by atoms with Crippen molar-refractivity contribution in [2.45, 2.75) is 6.61 Å². The van der Waals surface area contributed by atoms with Crippen LogP contribution in [0.4, 0.5) is 0 Å². The number of carboxylic acids is 1. The molecule has 0 atom stereocenters. The van der Waals surface area contributed by atoms with Gasteiger partial charge in [-0.15, -0.1) is 0 Å². The third-order valence-electron chi connectivity index (χ3n) is 3.69. The summed E-state index contributed by atoms with van der Waals surface area (Å²) in [6, 6.07) is 22.1. The molecule has 0 saturated heterocycles. The number of aromatic carboxylic acids is 1. The minimum atomic E-state index is -1.17. The SMILES string of the molecule is O=C(O)c1cccc(COc2cccc(-c3ccccc3)c2)c1O. The normalized spacial score (nSPS) is 10.3. The fourth-order valence-corrected chi connectivity index (χ4v) is 2.44. The Morgan fingerprint density at radius 1 is 0.875 bits per heavy atom. The Kier molecular flexibility index (Phi) is 4.47. The van der Waals surface area contributed by atoms with Crippen LogP contribution in [0.3, 0.4) is 0 Å². The molecule has 0 unspecified atom stereocenters. The lowest BCUT2D eigenvalue weighted by Gasteiger charge is -2.10. The first-order valence-corrected chi connectivity index (χ1v) is 7.47. The molecule has 3 rings (SSSR count). The van der Waals surface area contributed by atoms with E-state index in [9.17, 15) is 9.90 Å². The molecule has 4 heteroatoms. The number of aromatic hydroxyl groups is 1. The van der Waals surface area contributed by atoms with Gasteiger partial charge < -0.3 is 14.9 Å². The van der Waals surface area contributed by atoms with Crippen molar-refractivity contribution in [3.8, 4) is 22.6 Å². The first kappa shape index (κ1) is 15.6. The van der Waals surface area contributed by atoms with Crippen LogP contribution in [0.25, 0.3) is 11.1 Å². The monoisotopic (exact) mass is 320 g/mol. The van der Waals surface area contributed by atoms with Gasteiger partial charge in [0.15, 0.2) is 0 Å². The number of carbonyl (C=O) groups is 1. The molecule has 0 spiro atoms. The summed E-state index contributed by atoms with van der Waals surface area (Å²) in [4.78, 5) is 11.0. The third-order valence-corrected chi connectivity index (χ3v) is 3.69. The van der Waals surface area contributed by atoms with Crippen molar-refractivity contribution in [3.63, 3.8) is 0 Å². The van der Waals surface area contributed by atoms with Gasteiger partial charge >= 0.3 is 5.97 Å². The van der Waals surface area contributed by atoms with E-state index in [0.717, 1.165) is 11.1 Å². The van der Waals surface area contributed by atoms with Gasteiger partial charge in [0, 0.05) is 5.56 Å². The molecule has 0 radical (unpaired) electrons. The Morgan fingerprint density at radius 2 is 1.58 bits per heavy atom. The molecule has 2 N–H and O–H groups in total. The zero-order valence-corrected chi connectivity index (χ0v) is 12.8. The molecule has 0 amide bonds. The van der Waals surface area contributed by atoms with Gasteiger partial charge in [0.2, 0.25) is 0 Å². The number of phenols is 1. The van der Waals surface area contributed by atoms with Gasteiger partial charge in [0.25, 0.3) is 0 Å². The fraction of sp³-hybridized carbons (Fsp3) is 0.0500. The number of para-hydroxylation sites is 1. The summed E-state index contributed by atoms with van der Waals surface area (Å²) in [6.45, 7) is 0.0885. The van der Waals surface area contributed by atoms with Crippen molar-refractivity contribution >= 4 is 5.97 Å². The molecule has 0 aromatic heterocycles. The molecule has 0 bridgehead atoms. The van der Waals surface area contributed by atoms with E-state index in [1.54, 1.807) is 12.1 Å². The zero-order valence-electron chi connectivity index (χ0n) is 12.8. The molecule has 0 heterocycles. The van der Waals surface area contributed by atoms with Crippen LogP contribution in [0.5, 0.6) is 11.5 Å². The van der Waals surface area contributed by atoms with Crippen LogP contribution in [0.2, 0.25) is 0 Å². The molecule has 0 saturated carbocycles. The highest BCUT2D eigenvalue weighted by molar-refractivity contribution is 5.91. The Bertz CT molecular complexity index is 857. The molecule has 24 heavy (non-hydrogen) atoms. The third kappa shape index (κ3) is 3.38. The molecule has 3 aromatic carbocycles. The predicted octanol–water partition coefficient (Wildman–Crippen LogP) is 4.34. The van der Waals surface area contributed by atoms with E-state index in [2.05, 4.69) is 0 Å². The van der Waals surface area contributed by atoms with E-state index in [1.807, 2.05) is 54.6 Å². The van der Waals surface area contributed by atoms with E-state index in [1.165, 1.54) is 6.07 Å². The van der Waals surface area contributed by atoms with E-state index >= 15 is 0 Å². The molecule has 3 aromatic rings. The number of rotatable bonds is 5. The van der Waals surface area contributed by atoms with Crippen LogP contribution < -0.4 is 4.74 Å².